The Bertz CT molecular complexity index is 450. The number of piperazine rings is 1. The van der Waals surface area contributed by atoms with E-state index in [1.165, 1.54) is 0 Å². The van der Waals surface area contributed by atoms with Crippen molar-refractivity contribution in [2.24, 2.45) is 0 Å². The van der Waals surface area contributed by atoms with Gasteiger partial charge in [0.05, 0.1) is 0 Å². The lowest BCUT2D eigenvalue weighted by Crippen LogP contribution is -2.47. The fourth-order valence-electron chi connectivity index (χ4n) is 2.08. The van der Waals surface area contributed by atoms with Gasteiger partial charge in [0.25, 0.3) is 5.91 Å². The third-order valence-corrected chi connectivity index (χ3v) is 4.32. The van der Waals surface area contributed by atoms with Crippen LogP contribution in [-0.2, 0) is 4.79 Å². The number of aliphatic hydroxyl groups excluding tert-OH is 1. The summed E-state index contributed by atoms with van der Waals surface area (Å²) in [6, 6.07) is 6.80. The molecule has 0 aliphatic carbocycles. The van der Waals surface area contributed by atoms with Crippen molar-refractivity contribution in [3.63, 3.8) is 0 Å². The van der Waals surface area contributed by atoms with E-state index in [-0.39, 0.29) is 5.91 Å². The summed E-state index contributed by atoms with van der Waals surface area (Å²) >= 11 is 7.55. The average molecular weight is 301 g/mol. The summed E-state index contributed by atoms with van der Waals surface area (Å²) in [6.07, 6.45) is 0.901. The number of amides is 1. The Labute approximate surface area is 122 Å². The molecule has 1 amide bonds. The monoisotopic (exact) mass is 300 g/mol. The van der Waals surface area contributed by atoms with E-state index in [1.54, 1.807) is 41.1 Å². The van der Waals surface area contributed by atoms with Crippen LogP contribution in [0.4, 0.5) is 0 Å². The SMILES string of the molecule is CSN1CCN(C(=O)C(O)c2cccc(Cl)c2)CC1. The highest BCUT2D eigenvalue weighted by Crippen LogP contribution is 2.21. The van der Waals surface area contributed by atoms with Gasteiger partial charge in [-0.05, 0) is 24.0 Å². The minimum atomic E-state index is -1.13. The largest absolute Gasteiger partial charge is 0.378 e. The number of carbonyl (C=O) groups excluding carboxylic acids is 1. The summed E-state index contributed by atoms with van der Waals surface area (Å²) in [4.78, 5) is 13.9. The summed E-state index contributed by atoms with van der Waals surface area (Å²) in [5, 5.41) is 10.6. The highest BCUT2D eigenvalue weighted by Gasteiger charge is 2.26. The van der Waals surface area contributed by atoms with Crippen LogP contribution >= 0.6 is 23.5 Å². The Morgan fingerprint density at radius 3 is 2.63 bits per heavy atom. The maximum atomic E-state index is 12.2. The van der Waals surface area contributed by atoms with Gasteiger partial charge in [-0.2, -0.15) is 0 Å². The van der Waals surface area contributed by atoms with Gasteiger partial charge in [0.2, 0.25) is 0 Å². The lowest BCUT2D eigenvalue weighted by molar-refractivity contribution is -0.141. The van der Waals surface area contributed by atoms with Crippen LogP contribution in [-0.4, -0.2) is 52.7 Å². The second-order valence-corrected chi connectivity index (χ2v) is 5.71. The summed E-state index contributed by atoms with van der Waals surface area (Å²) < 4.78 is 2.20. The Kier molecular flexibility index (Phi) is 5.10. The van der Waals surface area contributed by atoms with Gasteiger partial charge >= 0.3 is 0 Å². The molecule has 1 heterocycles. The standard InChI is InChI=1S/C13H17ClN2O2S/c1-19-16-7-5-15(6-8-16)13(18)12(17)10-3-2-4-11(14)9-10/h2-4,9,12,17H,5-8H2,1H3. The van der Waals surface area contributed by atoms with Gasteiger partial charge in [0.1, 0.15) is 0 Å². The molecule has 19 heavy (non-hydrogen) atoms. The molecule has 0 radical (unpaired) electrons. The van der Waals surface area contributed by atoms with E-state index in [1.807, 2.05) is 6.26 Å². The number of nitrogens with zero attached hydrogens (tertiary/aromatic N) is 2. The van der Waals surface area contributed by atoms with Crippen molar-refractivity contribution in [2.45, 2.75) is 6.10 Å². The number of hydrogen-bond acceptors (Lipinski definition) is 4. The van der Waals surface area contributed by atoms with Crippen LogP contribution in [0.25, 0.3) is 0 Å². The molecule has 1 saturated heterocycles. The first kappa shape index (κ1) is 14.7. The van der Waals surface area contributed by atoms with Gasteiger partial charge in [-0.15, -0.1) is 0 Å². The molecule has 104 valence electrons. The molecule has 0 aromatic heterocycles. The lowest BCUT2D eigenvalue weighted by atomic mass is 10.1. The molecular formula is C13H17ClN2O2S. The van der Waals surface area contributed by atoms with Crippen molar-refractivity contribution >= 4 is 29.5 Å². The first-order valence-corrected chi connectivity index (χ1v) is 7.69. The summed E-state index contributed by atoms with van der Waals surface area (Å²) in [5.41, 5.74) is 0.546. The maximum absolute atomic E-state index is 12.2. The highest BCUT2D eigenvalue weighted by molar-refractivity contribution is 7.96. The smallest absolute Gasteiger partial charge is 0.256 e. The Balaban J connectivity index is 2.00. The Hall–Kier alpha value is -0.750. The van der Waals surface area contributed by atoms with E-state index in [2.05, 4.69) is 4.31 Å². The number of rotatable bonds is 3. The second-order valence-electron chi connectivity index (χ2n) is 4.39. The zero-order chi connectivity index (χ0) is 13.8. The number of hydrogen-bond donors (Lipinski definition) is 1. The topological polar surface area (TPSA) is 43.8 Å². The van der Waals surface area contributed by atoms with E-state index in [9.17, 15) is 9.90 Å². The number of benzene rings is 1. The molecule has 1 N–H and O–H groups in total. The molecule has 1 aliphatic heterocycles. The third-order valence-electron chi connectivity index (χ3n) is 3.21. The van der Waals surface area contributed by atoms with Crippen molar-refractivity contribution in [3.05, 3.63) is 34.9 Å². The number of aliphatic hydroxyl groups is 1. The molecular weight excluding hydrogens is 284 g/mol. The average Bonchev–Trinajstić information content (AvgIpc) is 2.46. The molecule has 1 unspecified atom stereocenters. The molecule has 0 saturated carbocycles. The highest BCUT2D eigenvalue weighted by atomic mass is 35.5. The van der Waals surface area contributed by atoms with Crippen LogP contribution in [0.15, 0.2) is 24.3 Å². The zero-order valence-electron chi connectivity index (χ0n) is 10.8. The van der Waals surface area contributed by atoms with E-state index in [4.69, 9.17) is 11.6 Å². The molecule has 1 aromatic rings. The zero-order valence-corrected chi connectivity index (χ0v) is 12.3. The predicted molar refractivity (Wildman–Crippen MR) is 78.1 cm³/mol. The summed E-state index contributed by atoms with van der Waals surface area (Å²) in [7, 11) is 0. The normalized spacial score (nSPS) is 18.4. The van der Waals surface area contributed by atoms with Gasteiger partial charge < -0.3 is 10.0 Å². The minimum absolute atomic E-state index is 0.247. The van der Waals surface area contributed by atoms with E-state index >= 15 is 0 Å². The van der Waals surface area contributed by atoms with Crippen LogP contribution in [0.3, 0.4) is 0 Å². The van der Waals surface area contributed by atoms with Crippen molar-refractivity contribution in [1.29, 1.82) is 0 Å². The molecule has 0 bridgehead atoms. The quantitative estimate of drug-likeness (QED) is 0.865. The first-order valence-electron chi connectivity index (χ1n) is 6.13. The van der Waals surface area contributed by atoms with E-state index < -0.39 is 6.10 Å². The molecule has 4 nitrogen and oxygen atoms in total. The fourth-order valence-corrected chi connectivity index (χ4v) is 2.81. The van der Waals surface area contributed by atoms with Crippen LogP contribution < -0.4 is 0 Å². The molecule has 1 aromatic carbocycles. The van der Waals surface area contributed by atoms with Crippen molar-refractivity contribution < 1.29 is 9.90 Å². The first-order chi connectivity index (χ1) is 9.11. The molecule has 1 aliphatic rings. The van der Waals surface area contributed by atoms with Crippen LogP contribution in [0.5, 0.6) is 0 Å². The number of carbonyl (C=O) groups is 1. The van der Waals surface area contributed by atoms with Crippen LogP contribution in [0, 0.1) is 0 Å². The Morgan fingerprint density at radius 2 is 2.05 bits per heavy atom. The van der Waals surface area contributed by atoms with Gasteiger partial charge in [-0.1, -0.05) is 35.7 Å². The van der Waals surface area contributed by atoms with Gasteiger partial charge in [-0.3, -0.25) is 4.79 Å². The van der Waals surface area contributed by atoms with Crippen molar-refractivity contribution in [3.8, 4) is 0 Å². The van der Waals surface area contributed by atoms with Crippen molar-refractivity contribution in [2.75, 3.05) is 32.4 Å². The second kappa shape index (κ2) is 6.61. The lowest BCUT2D eigenvalue weighted by Gasteiger charge is -2.34. The minimum Gasteiger partial charge on any atom is -0.378 e. The molecule has 0 spiro atoms. The summed E-state index contributed by atoms with van der Waals surface area (Å²) in [5.74, 6) is -0.247. The molecule has 2 rings (SSSR count). The van der Waals surface area contributed by atoms with Gasteiger partial charge in [0.15, 0.2) is 6.10 Å². The van der Waals surface area contributed by atoms with Crippen molar-refractivity contribution in [1.82, 2.24) is 9.21 Å². The third kappa shape index (κ3) is 3.63. The van der Waals surface area contributed by atoms with E-state index in [0.717, 1.165) is 13.1 Å². The predicted octanol–water partition coefficient (Wildman–Crippen LogP) is 1.80. The number of halogens is 1. The van der Waals surface area contributed by atoms with Gasteiger partial charge in [-0.25, -0.2) is 4.31 Å². The summed E-state index contributed by atoms with van der Waals surface area (Å²) in [6.45, 7) is 2.96. The van der Waals surface area contributed by atoms with Crippen LogP contribution in [0.1, 0.15) is 11.7 Å². The van der Waals surface area contributed by atoms with Gasteiger partial charge in [0, 0.05) is 31.2 Å². The fraction of sp³-hybridized carbons (Fsp3) is 0.462. The molecule has 1 atom stereocenters. The van der Waals surface area contributed by atoms with E-state index in [0.29, 0.717) is 23.7 Å². The molecule has 6 heteroatoms. The Morgan fingerprint density at radius 1 is 1.37 bits per heavy atom. The van der Waals surface area contributed by atoms with Crippen LogP contribution in [0.2, 0.25) is 5.02 Å². The molecule has 1 fully saturated rings. The maximum Gasteiger partial charge on any atom is 0.256 e.